The molecule has 1 aliphatic rings. The zero-order valence-electron chi connectivity index (χ0n) is 10.6. The van der Waals surface area contributed by atoms with Crippen molar-refractivity contribution in [1.29, 1.82) is 0 Å². The monoisotopic (exact) mass is 282 g/mol. The molecule has 2 aromatic heterocycles. The summed E-state index contributed by atoms with van der Waals surface area (Å²) < 4.78 is 6.91. The molecule has 3 rings (SSSR count). The van der Waals surface area contributed by atoms with Crippen molar-refractivity contribution in [2.75, 3.05) is 6.61 Å². The largest absolute Gasteiger partial charge is 0.394 e. The number of nitrogens with zero attached hydrogens (tertiary/aromatic N) is 3. The average Bonchev–Trinajstić information content (AvgIpc) is 2.96. The molecule has 4 atom stereocenters. The standard InChI is InChI=1S/C11H14N4O5/c1-11(8(18)7(17)5(2-16)20-11)15-4-14-6-9(15)12-3-13-10(6)19/h3-5,7-8,16-18H,2H2,1H3,(H,12,13,19). The predicted octanol–water partition coefficient (Wildman–Crippen LogP) is -2.09. The third-order valence-electron chi connectivity index (χ3n) is 3.64. The molecule has 0 aromatic carbocycles. The van der Waals surface area contributed by atoms with E-state index in [1.54, 1.807) is 0 Å². The summed E-state index contributed by atoms with van der Waals surface area (Å²) in [5.74, 6) is 0. The Hall–Kier alpha value is -1.81. The second kappa shape index (κ2) is 4.35. The molecule has 1 fully saturated rings. The Morgan fingerprint density at radius 3 is 2.90 bits per heavy atom. The summed E-state index contributed by atoms with van der Waals surface area (Å²) in [6.45, 7) is 1.09. The second-order valence-electron chi connectivity index (χ2n) is 4.85. The van der Waals surface area contributed by atoms with Gasteiger partial charge in [0, 0.05) is 0 Å². The first-order chi connectivity index (χ1) is 9.49. The van der Waals surface area contributed by atoms with Gasteiger partial charge in [0.05, 0.1) is 19.3 Å². The van der Waals surface area contributed by atoms with Gasteiger partial charge in [-0.2, -0.15) is 0 Å². The molecule has 108 valence electrons. The van der Waals surface area contributed by atoms with E-state index in [-0.39, 0.29) is 11.2 Å². The molecule has 9 heteroatoms. The first-order valence-electron chi connectivity index (χ1n) is 6.05. The molecule has 0 bridgehead atoms. The van der Waals surface area contributed by atoms with Crippen LogP contribution in [0.3, 0.4) is 0 Å². The van der Waals surface area contributed by atoms with Crippen LogP contribution in [0.5, 0.6) is 0 Å². The molecule has 9 nitrogen and oxygen atoms in total. The van der Waals surface area contributed by atoms with Crippen LogP contribution in [0.25, 0.3) is 11.2 Å². The highest BCUT2D eigenvalue weighted by atomic mass is 16.6. The van der Waals surface area contributed by atoms with E-state index in [9.17, 15) is 15.0 Å². The fraction of sp³-hybridized carbons (Fsp3) is 0.545. The van der Waals surface area contributed by atoms with Gasteiger partial charge in [0.15, 0.2) is 16.9 Å². The van der Waals surface area contributed by atoms with Gasteiger partial charge in [0.25, 0.3) is 5.56 Å². The Balaban J connectivity index is 2.15. The molecule has 20 heavy (non-hydrogen) atoms. The lowest BCUT2D eigenvalue weighted by molar-refractivity contribution is -0.132. The number of aliphatic hydroxyl groups excluding tert-OH is 3. The van der Waals surface area contributed by atoms with Crippen LogP contribution in [0.2, 0.25) is 0 Å². The predicted molar refractivity (Wildman–Crippen MR) is 65.8 cm³/mol. The Morgan fingerprint density at radius 1 is 1.50 bits per heavy atom. The van der Waals surface area contributed by atoms with Crippen LogP contribution < -0.4 is 5.56 Å². The van der Waals surface area contributed by atoms with Crippen molar-refractivity contribution in [2.24, 2.45) is 0 Å². The van der Waals surface area contributed by atoms with Crippen molar-refractivity contribution in [3.8, 4) is 0 Å². The molecule has 0 saturated carbocycles. The molecule has 0 spiro atoms. The molecule has 0 aliphatic carbocycles. The van der Waals surface area contributed by atoms with Crippen LogP contribution in [0.15, 0.2) is 17.4 Å². The quantitative estimate of drug-likeness (QED) is 0.496. The molecule has 1 aliphatic heterocycles. The number of aromatic amines is 1. The van der Waals surface area contributed by atoms with E-state index in [4.69, 9.17) is 9.84 Å². The van der Waals surface area contributed by atoms with Crippen LogP contribution in [0.4, 0.5) is 0 Å². The smallest absolute Gasteiger partial charge is 0.278 e. The van der Waals surface area contributed by atoms with Gasteiger partial charge in [0.2, 0.25) is 0 Å². The molecule has 4 N–H and O–H groups in total. The topological polar surface area (TPSA) is 133 Å². The number of rotatable bonds is 2. The number of hydrogen-bond acceptors (Lipinski definition) is 7. The number of aromatic nitrogens is 4. The lowest BCUT2D eigenvalue weighted by Gasteiger charge is -2.29. The average molecular weight is 282 g/mol. The highest BCUT2D eigenvalue weighted by Crippen LogP contribution is 2.36. The van der Waals surface area contributed by atoms with E-state index < -0.39 is 36.2 Å². The van der Waals surface area contributed by atoms with Crippen molar-refractivity contribution < 1.29 is 20.1 Å². The number of ether oxygens (including phenoxy) is 1. The number of H-pyrrole nitrogens is 1. The number of fused-ring (bicyclic) bond motifs is 1. The first-order valence-corrected chi connectivity index (χ1v) is 6.05. The summed E-state index contributed by atoms with van der Waals surface area (Å²) in [4.78, 5) is 22.0. The van der Waals surface area contributed by atoms with Crippen LogP contribution >= 0.6 is 0 Å². The minimum atomic E-state index is -1.37. The fourth-order valence-corrected chi connectivity index (χ4v) is 2.48. The van der Waals surface area contributed by atoms with E-state index in [1.807, 2.05) is 0 Å². The molecule has 0 amide bonds. The van der Waals surface area contributed by atoms with E-state index in [2.05, 4.69) is 15.0 Å². The van der Waals surface area contributed by atoms with E-state index in [1.165, 1.54) is 24.1 Å². The fourth-order valence-electron chi connectivity index (χ4n) is 2.48. The molecular weight excluding hydrogens is 268 g/mol. The normalized spacial score (nSPS) is 33.9. The molecule has 3 heterocycles. The van der Waals surface area contributed by atoms with Gasteiger partial charge in [-0.1, -0.05) is 0 Å². The van der Waals surface area contributed by atoms with Gasteiger partial charge >= 0.3 is 0 Å². The maximum Gasteiger partial charge on any atom is 0.278 e. The lowest BCUT2D eigenvalue weighted by atomic mass is 10.0. The summed E-state index contributed by atoms with van der Waals surface area (Å²) in [5.41, 5.74) is -1.46. The number of aliphatic hydroxyl groups is 3. The van der Waals surface area contributed by atoms with Gasteiger partial charge < -0.3 is 25.0 Å². The Bertz CT molecular complexity index is 697. The Morgan fingerprint density at radius 2 is 2.25 bits per heavy atom. The highest BCUT2D eigenvalue weighted by Gasteiger charge is 2.52. The minimum Gasteiger partial charge on any atom is -0.394 e. The lowest BCUT2D eigenvalue weighted by Crippen LogP contribution is -2.43. The summed E-state index contributed by atoms with van der Waals surface area (Å²) in [5, 5.41) is 29.2. The van der Waals surface area contributed by atoms with Crippen molar-refractivity contribution in [2.45, 2.75) is 31.0 Å². The maximum atomic E-state index is 11.6. The van der Waals surface area contributed by atoms with Crippen LogP contribution in [-0.2, 0) is 10.5 Å². The SMILES string of the molecule is CC1(n2cnc3c(=O)[nH]cnc32)OC(CO)C(O)C1O. The molecule has 1 saturated heterocycles. The maximum absolute atomic E-state index is 11.6. The summed E-state index contributed by atoms with van der Waals surface area (Å²) in [6.07, 6.45) is -0.937. The number of imidazole rings is 1. The van der Waals surface area contributed by atoms with Gasteiger partial charge in [-0.15, -0.1) is 0 Å². The molecule has 0 radical (unpaired) electrons. The summed E-state index contributed by atoms with van der Waals surface area (Å²) >= 11 is 0. The molecule has 2 aromatic rings. The Labute approximate surface area is 112 Å². The van der Waals surface area contributed by atoms with Crippen molar-refractivity contribution in [3.05, 3.63) is 23.0 Å². The third-order valence-corrected chi connectivity index (χ3v) is 3.64. The van der Waals surface area contributed by atoms with Gasteiger partial charge in [-0.3, -0.25) is 9.36 Å². The second-order valence-corrected chi connectivity index (χ2v) is 4.85. The summed E-state index contributed by atoms with van der Waals surface area (Å²) in [6, 6.07) is 0. The van der Waals surface area contributed by atoms with Crippen molar-refractivity contribution in [1.82, 2.24) is 19.5 Å². The summed E-state index contributed by atoms with van der Waals surface area (Å²) in [7, 11) is 0. The van der Waals surface area contributed by atoms with Crippen molar-refractivity contribution in [3.63, 3.8) is 0 Å². The van der Waals surface area contributed by atoms with E-state index in [0.717, 1.165) is 0 Å². The van der Waals surface area contributed by atoms with E-state index in [0.29, 0.717) is 0 Å². The highest BCUT2D eigenvalue weighted by molar-refractivity contribution is 5.69. The number of hydrogen-bond donors (Lipinski definition) is 4. The van der Waals surface area contributed by atoms with Crippen LogP contribution in [0.1, 0.15) is 6.92 Å². The van der Waals surface area contributed by atoms with Crippen molar-refractivity contribution >= 4 is 11.2 Å². The minimum absolute atomic E-state index is 0.103. The third kappa shape index (κ3) is 1.61. The zero-order chi connectivity index (χ0) is 14.5. The van der Waals surface area contributed by atoms with Gasteiger partial charge in [-0.25, -0.2) is 9.97 Å². The first kappa shape index (κ1) is 13.2. The van der Waals surface area contributed by atoms with Gasteiger partial charge in [-0.05, 0) is 6.92 Å². The molecule has 4 unspecified atom stereocenters. The van der Waals surface area contributed by atoms with Crippen LogP contribution in [0, 0.1) is 0 Å². The van der Waals surface area contributed by atoms with Gasteiger partial charge in [0.1, 0.15) is 18.3 Å². The van der Waals surface area contributed by atoms with Crippen LogP contribution in [-0.4, -0.2) is 59.8 Å². The van der Waals surface area contributed by atoms with E-state index >= 15 is 0 Å². The Kier molecular flexibility index (Phi) is 2.87. The molecular formula is C11H14N4O5. The number of nitrogens with one attached hydrogen (secondary N) is 1. The zero-order valence-corrected chi connectivity index (χ0v) is 10.6.